The molecule has 4 rings (SSSR count). The lowest BCUT2D eigenvalue weighted by Gasteiger charge is -2.44. The molecule has 1 N–H and O–H groups in total. The molecule has 7 heteroatoms. The molecule has 26 heavy (non-hydrogen) atoms. The van der Waals surface area contributed by atoms with Gasteiger partial charge >= 0.3 is 6.03 Å². The summed E-state index contributed by atoms with van der Waals surface area (Å²) in [6.07, 6.45) is 4.54. The maximum Gasteiger partial charge on any atom is 0.328 e. The van der Waals surface area contributed by atoms with Crippen LogP contribution in [0, 0.1) is 0 Å². The Hall–Kier alpha value is -2.41. The van der Waals surface area contributed by atoms with E-state index in [0.29, 0.717) is 24.4 Å². The number of carbonyl (C=O) groups excluding carboxylic acids is 3. The third-order valence-electron chi connectivity index (χ3n) is 5.47. The number of urea groups is 1. The van der Waals surface area contributed by atoms with Gasteiger partial charge in [-0.15, -0.1) is 0 Å². The molecule has 2 saturated heterocycles. The molecular formula is C19H23N3O4. The molecule has 1 saturated carbocycles. The molecule has 3 fully saturated rings. The van der Waals surface area contributed by atoms with Crippen molar-refractivity contribution in [3.8, 4) is 0 Å². The Morgan fingerprint density at radius 1 is 1.12 bits per heavy atom. The zero-order valence-electron chi connectivity index (χ0n) is 14.6. The first-order valence-corrected chi connectivity index (χ1v) is 9.28. The second kappa shape index (κ2) is 7.07. The number of benzene rings is 1. The molecule has 0 radical (unpaired) electrons. The number of carbonyl (C=O) groups is 3. The van der Waals surface area contributed by atoms with E-state index in [1.165, 1.54) is 4.90 Å². The van der Waals surface area contributed by atoms with E-state index >= 15 is 0 Å². The van der Waals surface area contributed by atoms with Crippen LogP contribution in [0.5, 0.6) is 0 Å². The van der Waals surface area contributed by atoms with Crippen molar-refractivity contribution in [2.24, 2.45) is 0 Å². The number of fused-ring (bicyclic) bond motifs is 1. The van der Waals surface area contributed by atoms with Crippen LogP contribution in [0.15, 0.2) is 24.3 Å². The van der Waals surface area contributed by atoms with Gasteiger partial charge in [0.25, 0.3) is 5.91 Å². The highest BCUT2D eigenvalue weighted by molar-refractivity contribution is 6.09. The van der Waals surface area contributed by atoms with Crippen molar-refractivity contribution in [1.82, 2.24) is 10.2 Å². The number of amides is 4. The average Bonchev–Trinajstić information content (AvgIpc) is 2.67. The molecular weight excluding hydrogens is 334 g/mol. The molecule has 7 nitrogen and oxygen atoms in total. The number of nitrogens with zero attached hydrogens (tertiary/aromatic N) is 2. The second-order valence-corrected chi connectivity index (χ2v) is 7.03. The van der Waals surface area contributed by atoms with Gasteiger partial charge in [-0.3, -0.25) is 19.8 Å². The minimum atomic E-state index is -0.473. The van der Waals surface area contributed by atoms with Crippen LogP contribution < -0.4 is 10.2 Å². The Morgan fingerprint density at radius 2 is 1.92 bits per heavy atom. The van der Waals surface area contributed by atoms with Gasteiger partial charge in [0.05, 0.1) is 30.0 Å². The lowest BCUT2D eigenvalue weighted by atomic mass is 9.89. The summed E-state index contributed by atoms with van der Waals surface area (Å²) in [6.45, 7) is 1.40. The van der Waals surface area contributed by atoms with Gasteiger partial charge in [-0.2, -0.15) is 0 Å². The predicted octanol–water partition coefficient (Wildman–Crippen LogP) is 1.92. The van der Waals surface area contributed by atoms with Gasteiger partial charge in [0.1, 0.15) is 0 Å². The van der Waals surface area contributed by atoms with E-state index in [4.69, 9.17) is 4.74 Å². The molecule has 1 aromatic rings. The summed E-state index contributed by atoms with van der Waals surface area (Å²) in [5.41, 5.74) is 1.06. The standard InChI is InChI=1S/C19H23N3O4/c23-17-9-10-22(19(25)20-17)14-6-2-1-5-13(14)18(24)21-11-12-26-16-8-4-3-7-15(16)21/h1-2,5-6,15-16H,3-4,7-12H2,(H,20,23,25)/t15-,16-/m1/s1. The van der Waals surface area contributed by atoms with Crippen LogP contribution in [0.1, 0.15) is 42.5 Å². The van der Waals surface area contributed by atoms with Crippen molar-refractivity contribution >= 4 is 23.5 Å². The van der Waals surface area contributed by atoms with Gasteiger partial charge in [-0.1, -0.05) is 25.0 Å². The lowest BCUT2D eigenvalue weighted by molar-refractivity contribution is -0.120. The number of hydrogen-bond acceptors (Lipinski definition) is 4. The molecule has 2 aliphatic heterocycles. The number of rotatable bonds is 2. The zero-order valence-corrected chi connectivity index (χ0v) is 14.6. The van der Waals surface area contributed by atoms with Gasteiger partial charge in [0.2, 0.25) is 5.91 Å². The highest BCUT2D eigenvalue weighted by atomic mass is 16.5. The summed E-state index contributed by atoms with van der Waals surface area (Å²) in [5.74, 6) is -0.348. The number of morpholine rings is 1. The summed E-state index contributed by atoms with van der Waals surface area (Å²) in [6, 6.07) is 6.77. The molecule has 0 bridgehead atoms. The maximum absolute atomic E-state index is 13.3. The molecule has 0 unspecified atom stereocenters. The van der Waals surface area contributed by atoms with Crippen LogP contribution in [0.25, 0.3) is 0 Å². The van der Waals surface area contributed by atoms with Gasteiger partial charge in [-0.25, -0.2) is 4.79 Å². The summed E-state index contributed by atoms with van der Waals surface area (Å²) in [4.78, 5) is 40.4. The van der Waals surface area contributed by atoms with Gasteiger partial charge in [0.15, 0.2) is 0 Å². The Kier molecular flexibility index (Phi) is 4.63. The van der Waals surface area contributed by atoms with Crippen molar-refractivity contribution in [3.63, 3.8) is 0 Å². The highest BCUT2D eigenvalue weighted by Crippen LogP contribution is 2.31. The molecule has 0 aromatic heterocycles. The highest BCUT2D eigenvalue weighted by Gasteiger charge is 2.38. The van der Waals surface area contributed by atoms with Crippen molar-refractivity contribution in [2.45, 2.75) is 44.2 Å². The van der Waals surface area contributed by atoms with E-state index in [1.807, 2.05) is 11.0 Å². The molecule has 0 spiro atoms. The third kappa shape index (κ3) is 3.07. The zero-order chi connectivity index (χ0) is 18.1. The van der Waals surface area contributed by atoms with Crippen LogP contribution in [-0.2, 0) is 9.53 Å². The van der Waals surface area contributed by atoms with Crippen molar-refractivity contribution in [3.05, 3.63) is 29.8 Å². The van der Waals surface area contributed by atoms with E-state index < -0.39 is 6.03 Å². The van der Waals surface area contributed by atoms with Gasteiger partial charge in [-0.05, 0) is 25.0 Å². The number of anilines is 1. The van der Waals surface area contributed by atoms with E-state index in [9.17, 15) is 14.4 Å². The van der Waals surface area contributed by atoms with E-state index in [2.05, 4.69) is 5.32 Å². The Balaban J connectivity index is 1.62. The number of ether oxygens (including phenoxy) is 1. The number of imide groups is 1. The van der Waals surface area contributed by atoms with Crippen molar-refractivity contribution in [2.75, 3.05) is 24.6 Å². The first kappa shape index (κ1) is 17.0. The molecule has 3 aliphatic rings. The molecule has 1 aliphatic carbocycles. The first-order chi connectivity index (χ1) is 12.6. The van der Waals surface area contributed by atoms with Crippen LogP contribution in [0.2, 0.25) is 0 Å². The van der Waals surface area contributed by atoms with Crippen molar-refractivity contribution < 1.29 is 19.1 Å². The Bertz CT molecular complexity index is 733. The average molecular weight is 357 g/mol. The minimum Gasteiger partial charge on any atom is -0.374 e. The normalized spacial score (nSPS) is 26.3. The van der Waals surface area contributed by atoms with E-state index in [0.717, 1.165) is 25.7 Å². The van der Waals surface area contributed by atoms with E-state index in [1.54, 1.807) is 18.2 Å². The summed E-state index contributed by atoms with van der Waals surface area (Å²) in [7, 11) is 0. The number of nitrogens with one attached hydrogen (secondary N) is 1. The fourth-order valence-electron chi connectivity index (χ4n) is 4.19. The first-order valence-electron chi connectivity index (χ1n) is 9.28. The maximum atomic E-state index is 13.3. The fraction of sp³-hybridized carbons (Fsp3) is 0.526. The Labute approximate surface area is 152 Å². The van der Waals surface area contributed by atoms with Gasteiger partial charge < -0.3 is 9.64 Å². The predicted molar refractivity (Wildman–Crippen MR) is 95.0 cm³/mol. The van der Waals surface area contributed by atoms with Crippen LogP contribution in [0.4, 0.5) is 10.5 Å². The van der Waals surface area contributed by atoms with E-state index in [-0.39, 0.29) is 36.9 Å². The number of para-hydroxylation sites is 1. The molecule has 2 atom stereocenters. The monoisotopic (exact) mass is 357 g/mol. The smallest absolute Gasteiger partial charge is 0.328 e. The van der Waals surface area contributed by atoms with Crippen molar-refractivity contribution in [1.29, 1.82) is 0 Å². The molecule has 138 valence electrons. The van der Waals surface area contributed by atoms with Gasteiger partial charge in [0, 0.05) is 19.5 Å². The molecule has 2 heterocycles. The summed E-state index contributed by atoms with van der Waals surface area (Å²) >= 11 is 0. The van der Waals surface area contributed by atoms with Crippen LogP contribution in [0.3, 0.4) is 0 Å². The summed E-state index contributed by atoms with van der Waals surface area (Å²) < 4.78 is 5.87. The fourth-order valence-corrected chi connectivity index (χ4v) is 4.19. The lowest BCUT2D eigenvalue weighted by Crippen LogP contribution is -2.55. The third-order valence-corrected chi connectivity index (χ3v) is 5.47. The largest absolute Gasteiger partial charge is 0.374 e. The SMILES string of the molecule is O=C1CCN(c2ccccc2C(=O)N2CCO[C@@H]3CCCC[C@H]32)C(=O)N1. The van der Waals surface area contributed by atoms with Crippen LogP contribution >= 0.6 is 0 Å². The number of hydrogen-bond donors (Lipinski definition) is 1. The molecule has 1 aromatic carbocycles. The summed E-state index contributed by atoms with van der Waals surface area (Å²) in [5, 5.41) is 2.32. The quantitative estimate of drug-likeness (QED) is 0.877. The molecule has 4 amide bonds. The minimum absolute atomic E-state index is 0.0644. The second-order valence-electron chi connectivity index (χ2n) is 7.03. The Morgan fingerprint density at radius 3 is 2.77 bits per heavy atom. The van der Waals surface area contributed by atoms with Crippen LogP contribution in [-0.4, -0.2) is 54.6 Å². The topological polar surface area (TPSA) is 79.0 Å².